The summed E-state index contributed by atoms with van der Waals surface area (Å²) in [6.07, 6.45) is 0. The van der Waals surface area contributed by atoms with E-state index in [9.17, 15) is 10.1 Å². The van der Waals surface area contributed by atoms with Gasteiger partial charge in [-0.25, -0.2) is 0 Å². The number of pyridine rings is 1. The molecule has 0 aliphatic carbocycles. The van der Waals surface area contributed by atoms with Crippen LogP contribution in [0.3, 0.4) is 0 Å². The van der Waals surface area contributed by atoms with Crippen molar-refractivity contribution in [3.63, 3.8) is 0 Å². The molecule has 0 bridgehead atoms. The number of ether oxygens (including phenoxy) is 1. The van der Waals surface area contributed by atoms with Gasteiger partial charge in [-0.2, -0.15) is 5.26 Å². The van der Waals surface area contributed by atoms with E-state index in [1.807, 2.05) is 37.3 Å². The van der Waals surface area contributed by atoms with Crippen LogP contribution in [-0.4, -0.2) is 4.57 Å². The van der Waals surface area contributed by atoms with Crippen LogP contribution in [0, 0.1) is 24.2 Å². The Hall–Kier alpha value is -2.52. The Morgan fingerprint density at radius 1 is 1.38 bits per heavy atom. The lowest BCUT2D eigenvalue weighted by Gasteiger charge is -2.27. The number of allylic oxidation sites excluding steroid dienone is 1. The molecule has 0 spiro atoms. The molecule has 26 heavy (non-hydrogen) atoms. The molecule has 1 aromatic carbocycles. The summed E-state index contributed by atoms with van der Waals surface area (Å²) in [7, 11) is 0. The first-order chi connectivity index (χ1) is 12.3. The van der Waals surface area contributed by atoms with Gasteiger partial charge in [0.1, 0.15) is 17.4 Å². The molecule has 5 nitrogen and oxygen atoms in total. The summed E-state index contributed by atoms with van der Waals surface area (Å²) in [4.78, 5) is 13.3. The first-order valence-electron chi connectivity index (χ1n) is 8.40. The molecule has 2 heterocycles. The van der Waals surface area contributed by atoms with Crippen LogP contribution in [0.15, 0.2) is 51.1 Å². The average molecular weight is 414 g/mol. The van der Waals surface area contributed by atoms with Crippen molar-refractivity contribution in [2.24, 2.45) is 11.7 Å². The molecule has 134 valence electrons. The van der Waals surface area contributed by atoms with Crippen molar-refractivity contribution in [1.82, 2.24) is 4.57 Å². The zero-order chi connectivity index (χ0) is 19.0. The van der Waals surface area contributed by atoms with E-state index in [2.05, 4.69) is 35.8 Å². The Balaban J connectivity index is 2.31. The van der Waals surface area contributed by atoms with Crippen LogP contribution in [0.1, 0.15) is 36.6 Å². The molecule has 2 aromatic rings. The molecule has 0 saturated carbocycles. The monoisotopic (exact) mass is 413 g/mol. The fraction of sp³-hybridized carbons (Fsp3) is 0.300. The third-order valence-electron chi connectivity index (χ3n) is 4.42. The van der Waals surface area contributed by atoms with Gasteiger partial charge < -0.3 is 15.0 Å². The van der Waals surface area contributed by atoms with Gasteiger partial charge in [0.2, 0.25) is 5.88 Å². The van der Waals surface area contributed by atoms with E-state index in [0.29, 0.717) is 23.8 Å². The number of hydrogen-bond acceptors (Lipinski definition) is 4. The quantitative estimate of drug-likeness (QED) is 0.829. The van der Waals surface area contributed by atoms with E-state index in [4.69, 9.17) is 10.5 Å². The van der Waals surface area contributed by atoms with Gasteiger partial charge in [-0.15, -0.1) is 0 Å². The van der Waals surface area contributed by atoms with Crippen molar-refractivity contribution >= 4 is 15.9 Å². The molecule has 1 aliphatic rings. The van der Waals surface area contributed by atoms with Gasteiger partial charge in [0, 0.05) is 22.8 Å². The average Bonchev–Trinajstić information content (AvgIpc) is 2.57. The van der Waals surface area contributed by atoms with E-state index < -0.39 is 5.92 Å². The maximum atomic E-state index is 13.3. The highest BCUT2D eigenvalue weighted by Crippen LogP contribution is 2.41. The molecule has 0 radical (unpaired) electrons. The highest BCUT2D eigenvalue weighted by atomic mass is 79.9. The lowest BCUT2D eigenvalue weighted by Crippen LogP contribution is -2.33. The molecule has 0 fully saturated rings. The molecule has 1 atom stereocenters. The van der Waals surface area contributed by atoms with Crippen molar-refractivity contribution < 1.29 is 4.74 Å². The molecule has 0 saturated heterocycles. The Kier molecular flexibility index (Phi) is 4.92. The number of benzene rings is 1. The minimum Gasteiger partial charge on any atom is -0.440 e. The predicted molar refractivity (Wildman–Crippen MR) is 104 cm³/mol. The second kappa shape index (κ2) is 7.00. The molecule has 0 unspecified atom stereocenters. The van der Waals surface area contributed by atoms with E-state index in [0.717, 1.165) is 15.7 Å². The second-order valence-corrected chi connectivity index (χ2v) is 7.77. The number of nitrogens with zero attached hydrogens (tertiary/aromatic N) is 2. The van der Waals surface area contributed by atoms with E-state index in [1.54, 1.807) is 4.57 Å². The van der Waals surface area contributed by atoms with Crippen LogP contribution in [0.25, 0.3) is 0 Å². The van der Waals surface area contributed by atoms with Crippen LogP contribution in [0.2, 0.25) is 0 Å². The van der Waals surface area contributed by atoms with Crippen molar-refractivity contribution in [2.45, 2.75) is 33.2 Å². The number of nitrogens with two attached hydrogens (primary N) is 1. The SMILES string of the molecule is Cc1cc2c(c(=O)n1CC(C)C)[C@@H](c1cccc(Br)c1)C(C#N)=C(N)O2. The molecule has 1 aliphatic heterocycles. The summed E-state index contributed by atoms with van der Waals surface area (Å²) in [5.74, 6) is 0.237. The standard InChI is InChI=1S/C20H20BrN3O2/c1-11(2)10-24-12(3)7-16-18(20(24)25)17(15(9-22)19(23)26-16)13-5-4-6-14(21)8-13/h4-8,11,17H,10,23H2,1-3H3/t17-/m0/s1. The molecule has 0 amide bonds. The molecule has 1 aromatic heterocycles. The van der Waals surface area contributed by atoms with Crippen molar-refractivity contribution in [3.05, 3.63) is 73.4 Å². The molecular formula is C20H20BrN3O2. The van der Waals surface area contributed by atoms with Gasteiger partial charge in [-0.05, 0) is 30.5 Å². The van der Waals surface area contributed by atoms with Crippen LogP contribution in [0.4, 0.5) is 0 Å². The number of hydrogen-bond donors (Lipinski definition) is 1. The van der Waals surface area contributed by atoms with E-state index >= 15 is 0 Å². The third kappa shape index (κ3) is 3.15. The van der Waals surface area contributed by atoms with Gasteiger partial charge >= 0.3 is 0 Å². The first kappa shape index (κ1) is 18.3. The van der Waals surface area contributed by atoms with Crippen molar-refractivity contribution in [1.29, 1.82) is 5.26 Å². The van der Waals surface area contributed by atoms with Crippen molar-refractivity contribution in [2.75, 3.05) is 0 Å². The number of nitriles is 1. The molecule has 6 heteroatoms. The minimum absolute atomic E-state index is 0.0467. The molecule has 3 rings (SSSR count). The Bertz CT molecular complexity index is 999. The first-order valence-corrected chi connectivity index (χ1v) is 9.20. The summed E-state index contributed by atoms with van der Waals surface area (Å²) in [5, 5.41) is 9.66. The van der Waals surface area contributed by atoms with Gasteiger partial charge in [0.25, 0.3) is 5.56 Å². The zero-order valence-electron chi connectivity index (χ0n) is 14.9. The maximum absolute atomic E-state index is 13.3. The number of aromatic nitrogens is 1. The molecular weight excluding hydrogens is 394 g/mol. The Morgan fingerprint density at radius 2 is 2.12 bits per heavy atom. The number of rotatable bonds is 3. The van der Waals surface area contributed by atoms with Crippen molar-refractivity contribution in [3.8, 4) is 11.8 Å². The Morgan fingerprint density at radius 3 is 2.73 bits per heavy atom. The zero-order valence-corrected chi connectivity index (χ0v) is 16.5. The summed E-state index contributed by atoms with van der Waals surface area (Å²) < 4.78 is 8.26. The van der Waals surface area contributed by atoms with Crippen LogP contribution in [0.5, 0.6) is 5.75 Å². The summed E-state index contributed by atoms with van der Waals surface area (Å²) >= 11 is 3.46. The smallest absolute Gasteiger partial charge is 0.258 e. The van der Waals surface area contributed by atoms with Crippen LogP contribution in [-0.2, 0) is 6.54 Å². The topological polar surface area (TPSA) is 81.0 Å². The third-order valence-corrected chi connectivity index (χ3v) is 4.91. The second-order valence-electron chi connectivity index (χ2n) is 6.85. The van der Waals surface area contributed by atoms with E-state index in [-0.39, 0.29) is 17.0 Å². The van der Waals surface area contributed by atoms with Crippen LogP contribution < -0.4 is 16.0 Å². The maximum Gasteiger partial charge on any atom is 0.258 e. The van der Waals surface area contributed by atoms with Gasteiger partial charge in [0.05, 0.1) is 11.5 Å². The van der Waals surface area contributed by atoms with Gasteiger partial charge in [-0.1, -0.05) is 41.9 Å². The highest BCUT2D eigenvalue weighted by molar-refractivity contribution is 9.10. The normalized spacial score (nSPS) is 16.2. The summed E-state index contributed by atoms with van der Waals surface area (Å²) in [6, 6.07) is 11.5. The van der Waals surface area contributed by atoms with Crippen LogP contribution >= 0.6 is 15.9 Å². The fourth-order valence-corrected chi connectivity index (χ4v) is 3.71. The summed E-state index contributed by atoms with van der Waals surface area (Å²) in [6.45, 7) is 6.60. The number of fused-ring (bicyclic) bond motifs is 1. The molecule has 2 N–H and O–H groups in total. The largest absolute Gasteiger partial charge is 0.440 e. The lowest BCUT2D eigenvalue weighted by atomic mass is 9.84. The highest BCUT2D eigenvalue weighted by Gasteiger charge is 2.34. The lowest BCUT2D eigenvalue weighted by molar-refractivity contribution is 0.386. The minimum atomic E-state index is -0.548. The summed E-state index contributed by atoms with van der Waals surface area (Å²) in [5.41, 5.74) is 8.21. The fourth-order valence-electron chi connectivity index (χ4n) is 3.30. The number of halogens is 1. The van der Waals surface area contributed by atoms with Gasteiger partial charge in [0.15, 0.2) is 0 Å². The van der Waals surface area contributed by atoms with Gasteiger partial charge in [-0.3, -0.25) is 4.79 Å². The number of aryl methyl sites for hydroxylation is 1. The Labute approximate surface area is 160 Å². The predicted octanol–water partition coefficient (Wildman–Crippen LogP) is 3.79. The van der Waals surface area contributed by atoms with E-state index in [1.165, 1.54) is 0 Å².